The van der Waals surface area contributed by atoms with E-state index in [1.54, 1.807) is 6.20 Å². The van der Waals surface area contributed by atoms with Crippen LogP contribution in [0.2, 0.25) is 0 Å². The highest BCUT2D eigenvalue weighted by Crippen LogP contribution is 2.23. The highest BCUT2D eigenvalue weighted by atomic mass is 32.2. The zero-order valence-electron chi connectivity index (χ0n) is 10.5. The van der Waals surface area contributed by atoms with E-state index < -0.39 is 11.0 Å². The van der Waals surface area contributed by atoms with Gasteiger partial charge in [-0.2, -0.15) is 10.2 Å². The van der Waals surface area contributed by atoms with Gasteiger partial charge in [0, 0.05) is 12.7 Å². The number of azo groups is 1. The van der Waals surface area contributed by atoms with Crippen molar-refractivity contribution in [2.24, 2.45) is 10.2 Å². The first-order valence-corrected chi connectivity index (χ1v) is 6.74. The van der Waals surface area contributed by atoms with Crippen LogP contribution in [0, 0.1) is 0 Å². The Bertz CT molecular complexity index is 306. The molecule has 0 saturated heterocycles. The molecule has 0 radical (unpaired) electrons. The summed E-state index contributed by atoms with van der Waals surface area (Å²) in [5.41, 5.74) is -0.148. The Kier molecular flexibility index (Phi) is 4.38. The molecule has 0 saturated carbocycles. The first kappa shape index (κ1) is 13.5. The third-order valence-electron chi connectivity index (χ3n) is 2.44. The van der Waals surface area contributed by atoms with Crippen LogP contribution in [0.4, 0.5) is 0 Å². The van der Waals surface area contributed by atoms with Gasteiger partial charge in [0.25, 0.3) is 0 Å². The lowest BCUT2D eigenvalue weighted by Gasteiger charge is -2.19. The van der Waals surface area contributed by atoms with Crippen molar-refractivity contribution in [1.29, 1.82) is 0 Å². The maximum atomic E-state index is 11.7. The number of nitrogens with one attached hydrogen (secondary N) is 1. The third-order valence-corrected chi connectivity index (χ3v) is 4.01. The quantitative estimate of drug-likeness (QED) is 0.741. The molecule has 0 aromatic carbocycles. The molecule has 5 heteroatoms. The summed E-state index contributed by atoms with van der Waals surface area (Å²) in [6.07, 6.45) is 5.62. The highest BCUT2D eigenvalue weighted by Gasteiger charge is 2.23. The van der Waals surface area contributed by atoms with E-state index in [1.807, 2.05) is 26.8 Å². The maximum Gasteiger partial charge on any atom is 0.0990 e. The fraction of sp³-hybridized carbons (Fsp3) is 0.818. The molecule has 4 nitrogen and oxygen atoms in total. The first-order valence-electron chi connectivity index (χ1n) is 5.59. The molecule has 1 rings (SSSR count). The average molecular weight is 243 g/mol. The van der Waals surface area contributed by atoms with Crippen molar-refractivity contribution >= 4 is 11.0 Å². The smallest absolute Gasteiger partial charge is 0.0990 e. The van der Waals surface area contributed by atoms with Crippen molar-refractivity contribution in [3.8, 4) is 0 Å². The number of rotatable bonds is 5. The molecule has 92 valence electrons. The van der Waals surface area contributed by atoms with Crippen molar-refractivity contribution < 1.29 is 4.21 Å². The molecule has 0 amide bonds. The fourth-order valence-electron chi connectivity index (χ4n) is 1.35. The van der Waals surface area contributed by atoms with Crippen LogP contribution in [-0.4, -0.2) is 21.0 Å². The normalized spacial score (nSPS) is 26.2. The predicted molar refractivity (Wildman–Crippen MR) is 67.5 cm³/mol. The van der Waals surface area contributed by atoms with Gasteiger partial charge < -0.3 is 0 Å². The summed E-state index contributed by atoms with van der Waals surface area (Å²) in [6.45, 7) is 8.70. The lowest BCUT2D eigenvalue weighted by molar-refractivity contribution is 0.504. The molecule has 0 bridgehead atoms. The number of hydrogen-bond donors (Lipinski definition) is 1. The van der Waals surface area contributed by atoms with Crippen LogP contribution in [0.1, 0.15) is 40.5 Å². The van der Waals surface area contributed by atoms with Crippen LogP contribution in [0.25, 0.3) is 0 Å². The minimum absolute atomic E-state index is 0.148. The molecule has 16 heavy (non-hydrogen) atoms. The van der Waals surface area contributed by atoms with Crippen molar-refractivity contribution in [3.05, 3.63) is 12.3 Å². The zero-order valence-corrected chi connectivity index (χ0v) is 11.3. The second-order valence-corrected chi connectivity index (χ2v) is 7.32. The van der Waals surface area contributed by atoms with Gasteiger partial charge in [0.2, 0.25) is 0 Å². The van der Waals surface area contributed by atoms with Crippen molar-refractivity contribution in [3.63, 3.8) is 0 Å². The Balaban J connectivity index is 2.20. The first-order chi connectivity index (χ1) is 7.33. The molecule has 0 fully saturated rings. The summed E-state index contributed by atoms with van der Waals surface area (Å²) in [7, 11) is -0.976. The topological polar surface area (TPSA) is 53.8 Å². The minimum Gasteiger partial charge on any atom is -0.242 e. The molecule has 0 aromatic heterocycles. The zero-order chi connectivity index (χ0) is 12.2. The third kappa shape index (κ3) is 4.14. The second-order valence-electron chi connectivity index (χ2n) is 5.27. The van der Waals surface area contributed by atoms with Crippen LogP contribution in [0.3, 0.4) is 0 Å². The molecule has 1 aliphatic rings. The van der Waals surface area contributed by atoms with Gasteiger partial charge in [-0.25, -0.2) is 8.93 Å². The number of hydrogen-bond acceptors (Lipinski definition) is 3. The Morgan fingerprint density at radius 1 is 1.44 bits per heavy atom. The largest absolute Gasteiger partial charge is 0.242 e. The van der Waals surface area contributed by atoms with Crippen LogP contribution in [0.15, 0.2) is 22.5 Å². The van der Waals surface area contributed by atoms with E-state index >= 15 is 0 Å². The van der Waals surface area contributed by atoms with E-state index in [2.05, 4.69) is 21.9 Å². The average Bonchev–Trinajstić information content (AvgIpc) is 2.58. The molecule has 1 heterocycles. The van der Waals surface area contributed by atoms with Gasteiger partial charge in [-0.05, 0) is 46.6 Å². The van der Waals surface area contributed by atoms with Crippen LogP contribution < -0.4 is 4.72 Å². The second kappa shape index (κ2) is 5.19. The van der Waals surface area contributed by atoms with E-state index in [4.69, 9.17) is 0 Å². The lowest BCUT2D eigenvalue weighted by atomic mass is 9.98. The Hall–Kier alpha value is -0.550. The van der Waals surface area contributed by atoms with E-state index in [-0.39, 0.29) is 10.3 Å². The molecule has 0 spiro atoms. The summed E-state index contributed by atoms with van der Waals surface area (Å²) >= 11 is 0. The standard InChI is InChI=1S/C11H21N3OS/c1-10(2,3)16(15)13-8-5-6-11(4)7-9-12-14-11/h7,9,13H,5-6,8H2,1-4H3. The molecule has 1 N–H and O–H groups in total. The summed E-state index contributed by atoms with van der Waals surface area (Å²) in [4.78, 5) is 0. The summed E-state index contributed by atoms with van der Waals surface area (Å²) in [5, 5.41) is 8.00. The van der Waals surface area contributed by atoms with Crippen molar-refractivity contribution in [2.75, 3.05) is 6.54 Å². The van der Waals surface area contributed by atoms with Crippen LogP contribution in [-0.2, 0) is 11.0 Å². The fourth-order valence-corrected chi connectivity index (χ4v) is 2.12. The monoisotopic (exact) mass is 243 g/mol. The van der Waals surface area contributed by atoms with Crippen LogP contribution >= 0.6 is 0 Å². The Morgan fingerprint density at radius 2 is 2.12 bits per heavy atom. The Labute approximate surface area is 100 Å². The van der Waals surface area contributed by atoms with Gasteiger partial charge in [-0.1, -0.05) is 0 Å². The predicted octanol–water partition coefficient (Wildman–Crippen LogP) is 2.56. The summed E-state index contributed by atoms with van der Waals surface area (Å²) in [5.74, 6) is 0. The number of nitrogens with zero attached hydrogens (tertiary/aromatic N) is 2. The van der Waals surface area contributed by atoms with E-state index in [0.29, 0.717) is 0 Å². The molecular formula is C11H21N3OS. The maximum absolute atomic E-state index is 11.7. The van der Waals surface area contributed by atoms with Gasteiger partial charge in [0.05, 0.1) is 21.3 Å². The van der Waals surface area contributed by atoms with Gasteiger partial charge in [-0.15, -0.1) is 0 Å². The molecule has 2 atom stereocenters. The molecule has 0 aliphatic carbocycles. The minimum atomic E-state index is -0.976. The Morgan fingerprint density at radius 3 is 2.62 bits per heavy atom. The van der Waals surface area contributed by atoms with Crippen molar-refractivity contribution in [1.82, 2.24) is 4.72 Å². The summed E-state index contributed by atoms with van der Waals surface area (Å²) in [6, 6.07) is 0. The van der Waals surface area contributed by atoms with Crippen molar-refractivity contribution in [2.45, 2.75) is 50.8 Å². The molecular weight excluding hydrogens is 222 g/mol. The molecule has 1 aliphatic heterocycles. The summed E-state index contributed by atoms with van der Waals surface area (Å²) < 4.78 is 14.5. The lowest BCUT2D eigenvalue weighted by Crippen LogP contribution is -2.34. The van der Waals surface area contributed by atoms with Crippen LogP contribution in [0.5, 0.6) is 0 Å². The SMILES string of the molecule is CC1(CCCNS(=O)C(C)(C)C)C=CN=N1. The van der Waals surface area contributed by atoms with Gasteiger partial charge in [0.15, 0.2) is 0 Å². The highest BCUT2D eigenvalue weighted by molar-refractivity contribution is 7.84. The van der Waals surface area contributed by atoms with E-state index in [1.165, 1.54) is 0 Å². The molecule has 2 unspecified atom stereocenters. The van der Waals surface area contributed by atoms with E-state index in [9.17, 15) is 4.21 Å². The molecule has 0 aromatic rings. The van der Waals surface area contributed by atoms with Gasteiger partial charge >= 0.3 is 0 Å². The van der Waals surface area contributed by atoms with Gasteiger partial charge in [-0.3, -0.25) is 0 Å². The van der Waals surface area contributed by atoms with Gasteiger partial charge in [0.1, 0.15) is 0 Å². The van der Waals surface area contributed by atoms with E-state index in [0.717, 1.165) is 19.4 Å².